The van der Waals surface area contributed by atoms with Gasteiger partial charge in [0.05, 0.1) is 7.11 Å². The molecule has 1 saturated heterocycles. The molecule has 1 fully saturated rings. The van der Waals surface area contributed by atoms with Crippen LogP contribution in [0.15, 0.2) is 18.2 Å². The van der Waals surface area contributed by atoms with E-state index in [4.69, 9.17) is 4.74 Å². The molecule has 2 rings (SSSR count). The van der Waals surface area contributed by atoms with Crippen molar-refractivity contribution in [3.63, 3.8) is 0 Å². The number of methoxy groups -OCH3 is 1. The van der Waals surface area contributed by atoms with E-state index >= 15 is 0 Å². The first-order valence-corrected chi connectivity index (χ1v) is 7.75. The summed E-state index contributed by atoms with van der Waals surface area (Å²) in [5.41, 5.74) is 2.54. The van der Waals surface area contributed by atoms with Crippen LogP contribution >= 0.6 is 0 Å². The highest BCUT2D eigenvalue weighted by atomic mass is 16.5. The summed E-state index contributed by atoms with van der Waals surface area (Å²) in [5.74, 6) is 1.57. The molecule has 0 spiro atoms. The number of nitrogens with one attached hydrogen (secondary N) is 1. The molecule has 1 heterocycles. The van der Waals surface area contributed by atoms with Crippen molar-refractivity contribution in [2.75, 3.05) is 33.3 Å². The number of amides is 1. The third-order valence-electron chi connectivity index (χ3n) is 4.27. The number of hydrogen-bond donors (Lipinski definition) is 1. The monoisotopic (exact) mass is 290 g/mol. The van der Waals surface area contributed by atoms with Crippen LogP contribution in [0.25, 0.3) is 0 Å². The maximum Gasteiger partial charge on any atom is 0.222 e. The van der Waals surface area contributed by atoms with Gasteiger partial charge in [-0.25, -0.2) is 0 Å². The van der Waals surface area contributed by atoms with Crippen LogP contribution in [0, 0.1) is 6.92 Å². The van der Waals surface area contributed by atoms with Crippen LogP contribution in [0.3, 0.4) is 0 Å². The molecule has 0 aliphatic carbocycles. The number of ether oxygens (including phenoxy) is 1. The average molecular weight is 290 g/mol. The molecule has 1 unspecified atom stereocenters. The molecule has 0 radical (unpaired) electrons. The molecule has 116 valence electrons. The van der Waals surface area contributed by atoms with Crippen LogP contribution in [0.1, 0.15) is 36.8 Å². The van der Waals surface area contributed by atoms with Crippen molar-refractivity contribution in [3.8, 4) is 5.75 Å². The van der Waals surface area contributed by atoms with Gasteiger partial charge in [-0.3, -0.25) is 4.79 Å². The Balaban J connectivity index is 1.89. The van der Waals surface area contributed by atoms with Crippen molar-refractivity contribution in [3.05, 3.63) is 29.3 Å². The van der Waals surface area contributed by atoms with Gasteiger partial charge in [-0.15, -0.1) is 0 Å². The summed E-state index contributed by atoms with van der Waals surface area (Å²) >= 11 is 0. The quantitative estimate of drug-likeness (QED) is 0.905. The summed E-state index contributed by atoms with van der Waals surface area (Å²) in [4.78, 5) is 14.2. The molecule has 1 N–H and O–H groups in total. The van der Waals surface area contributed by atoms with Gasteiger partial charge in [0.15, 0.2) is 0 Å². The second kappa shape index (κ2) is 7.46. The van der Waals surface area contributed by atoms with Crippen molar-refractivity contribution in [2.24, 2.45) is 0 Å². The third-order valence-corrected chi connectivity index (χ3v) is 4.27. The van der Waals surface area contributed by atoms with Gasteiger partial charge >= 0.3 is 0 Å². The van der Waals surface area contributed by atoms with Gasteiger partial charge in [0, 0.05) is 32.6 Å². The van der Waals surface area contributed by atoms with Gasteiger partial charge in [-0.1, -0.05) is 13.0 Å². The van der Waals surface area contributed by atoms with E-state index in [0.29, 0.717) is 12.3 Å². The number of benzene rings is 1. The Bertz CT molecular complexity index is 482. The van der Waals surface area contributed by atoms with Crippen molar-refractivity contribution in [2.45, 2.75) is 32.6 Å². The minimum atomic E-state index is 0.287. The van der Waals surface area contributed by atoms with Gasteiger partial charge < -0.3 is 15.0 Å². The van der Waals surface area contributed by atoms with Crippen LogP contribution < -0.4 is 10.1 Å². The number of aryl methyl sites for hydroxylation is 1. The molecule has 0 bridgehead atoms. The summed E-state index contributed by atoms with van der Waals surface area (Å²) < 4.78 is 5.24. The van der Waals surface area contributed by atoms with Crippen LogP contribution in [0.4, 0.5) is 0 Å². The number of nitrogens with zero attached hydrogens (tertiary/aromatic N) is 1. The zero-order valence-electron chi connectivity index (χ0n) is 13.3. The Kier molecular flexibility index (Phi) is 5.62. The number of hydrogen-bond acceptors (Lipinski definition) is 3. The van der Waals surface area contributed by atoms with Crippen molar-refractivity contribution < 1.29 is 9.53 Å². The highest BCUT2D eigenvalue weighted by molar-refractivity contribution is 5.76. The highest BCUT2D eigenvalue weighted by Gasteiger charge is 2.17. The van der Waals surface area contributed by atoms with Gasteiger partial charge in [-0.05, 0) is 42.5 Å². The van der Waals surface area contributed by atoms with E-state index in [2.05, 4.69) is 31.3 Å². The molecule has 1 aromatic carbocycles. The molecule has 1 aromatic rings. The predicted octanol–water partition coefficient (Wildman–Crippen LogP) is 2.32. The van der Waals surface area contributed by atoms with E-state index in [1.165, 1.54) is 11.1 Å². The van der Waals surface area contributed by atoms with Gasteiger partial charge in [0.25, 0.3) is 0 Å². The van der Waals surface area contributed by atoms with Gasteiger partial charge in [0.1, 0.15) is 5.75 Å². The van der Waals surface area contributed by atoms with E-state index in [1.54, 1.807) is 7.11 Å². The maximum absolute atomic E-state index is 12.2. The summed E-state index contributed by atoms with van der Waals surface area (Å²) in [7, 11) is 1.68. The van der Waals surface area contributed by atoms with Gasteiger partial charge in [-0.2, -0.15) is 0 Å². The lowest BCUT2D eigenvalue weighted by Gasteiger charge is -2.28. The number of carbonyl (C=O) groups is 1. The standard InChI is InChI=1S/C17H26N2O2/c1-13(16-6-5-15(21-3)12-14(16)2)4-7-17(20)19-10-8-18-9-11-19/h5-6,12-13,18H,4,7-11H2,1-3H3. The topological polar surface area (TPSA) is 41.6 Å². The molecule has 0 saturated carbocycles. The molecule has 4 nitrogen and oxygen atoms in total. The molecule has 1 atom stereocenters. The van der Waals surface area contributed by atoms with Crippen molar-refractivity contribution in [1.82, 2.24) is 10.2 Å². The Hall–Kier alpha value is -1.55. The Labute approximate surface area is 127 Å². The Morgan fingerprint density at radius 2 is 2.10 bits per heavy atom. The molecule has 1 aliphatic rings. The predicted molar refractivity (Wildman–Crippen MR) is 84.8 cm³/mol. The second-order valence-corrected chi connectivity index (χ2v) is 5.79. The molecule has 4 heteroatoms. The zero-order valence-corrected chi connectivity index (χ0v) is 13.3. The summed E-state index contributed by atoms with van der Waals surface area (Å²) in [6.07, 6.45) is 1.53. The lowest BCUT2D eigenvalue weighted by Crippen LogP contribution is -2.46. The largest absolute Gasteiger partial charge is 0.497 e. The van der Waals surface area contributed by atoms with Crippen LogP contribution in [-0.2, 0) is 4.79 Å². The first-order valence-electron chi connectivity index (χ1n) is 7.75. The fourth-order valence-electron chi connectivity index (χ4n) is 2.90. The fourth-order valence-corrected chi connectivity index (χ4v) is 2.90. The lowest BCUT2D eigenvalue weighted by atomic mass is 9.92. The summed E-state index contributed by atoms with van der Waals surface area (Å²) in [5, 5.41) is 3.27. The van der Waals surface area contributed by atoms with Crippen LogP contribution in [0.2, 0.25) is 0 Å². The Morgan fingerprint density at radius 3 is 2.71 bits per heavy atom. The van der Waals surface area contributed by atoms with E-state index in [1.807, 2.05) is 11.0 Å². The Morgan fingerprint density at radius 1 is 1.38 bits per heavy atom. The number of piperazine rings is 1. The van der Waals surface area contributed by atoms with Crippen LogP contribution in [-0.4, -0.2) is 44.1 Å². The number of carbonyl (C=O) groups excluding carboxylic acids is 1. The lowest BCUT2D eigenvalue weighted by molar-refractivity contribution is -0.131. The average Bonchev–Trinajstić information content (AvgIpc) is 2.52. The zero-order chi connectivity index (χ0) is 15.2. The van der Waals surface area contributed by atoms with Crippen molar-refractivity contribution >= 4 is 5.91 Å². The van der Waals surface area contributed by atoms with E-state index in [0.717, 1.165) is 38.3 Å². The second-order valence-electron chi connectivity index (χ2n) is 5.79. The smallest absolute Gasteiger partial charge is 0.222 e. The molecule has 0 aromatic heterocycles. The van der Waals surface area contributed by atoms with Crippen molar-refractivity contribution in [1.29, 1.82) is 0 Å². The van der Waals surface area contributed by atoms with E-state index in [-0.39, 0.29) is 5.91 Å². The molecular formula is C17H26N2O2. The number of rotatable bonds is 5. The van der Waals surface area contributed by atoms with E-state index in [9.17, 15) is 4.79 Å². The maximum atomic E-state index is 12.2. The molecule has 21 heavy (non-hydrogen) atoms. The summed E-state index contributed by atoms with van der Waals surface area (Å²) in [6, 6.07) is 6.18. The molecule has 1 amide bonds. The third kappa shape index (κ3) is 4.21. The van der Waals surface area contributed by atoms with Gasteiger partial charge in [0.2, 0.25) is 5.91 Å². The van der Waals surface area contributed by atoms with Crippen LogP contribution in [0.5, 0.6) is 5.75 Å². The fraction of sp³-hybridized carbons (Fsp3) is 0.588. The normalized spacial score (nSPS) is 16.6. The first kappa shape index (κ1) is 15.8. The SMILES string of the molecule is COc1ccc(C(C)CCC(=O)N2CCNCC2)c(C)c1. The summed E-state index contributed by atoms with van der Waals surface area (Å²) in [6.45, 7) is 7.81. The van der Waals surface area contributed by atoms with E-state index < -0.39 is 0 Å². The minimum Gasteiger partial charge on any atom is -0.497 e. The first-order chi connectivity index (χ1) is 10.1. The highest BCUT2D eigenvalue weighted by Crippen LogP contribution is 2.27. The minimum absolute atomic E-state index is 0.287. The molecular weight excluding hydrogens is 264 g/mol. The molecule has 1 aliphatic heterocycles.